The number of hydrogen-bond acceptors (Lipinski definition) is 3. The molecule has 2 aromatic rings. The Balaban J connectivity index is 1.86. The summed E-state index contributed by atoms with van der Waals surface area (Å²) in [6.45, 7) is 5.00. The molecule has 4 heteroatoms. The normalized spacial score (nSPS) is 17.3. The third-order valence-corrected chi connectivity index (χ3v) is 5.42. The van der Waals surface area contributed by atoms with Gasteiger partial charge in [-0.3, -0.25) is 4.79 Å². The standard InChI is InChI=1S/C19H21NO2S/c1-13-4-9-17(14(2)12-13)19-20(10-11-23-19)18(21)15-5-7-16(22-3)8-6-15/h4-9,12,19H,10-11H2,1-3H3. The van der Waals surface area contributed by atoms with Crippen LogP contribution in [0.3, 0.4) is 0 Å². The van der Waals surface area contributed by atoms with E-state index in [2.05, 4.69) is 32.0 Å². The van der Waals surface area contributed by atoms with Crippen molar-refractivity contribution in [2.45, 2.75) is 19.2 Å². The maximum atomic E-state index is 12.9. The Bertz CT molecular complexity index is 712. The minimum absolute atomic E-state index is 0.0858. The Morgan fingerprint density at radius 3 is 2.57 bits per heavy atom. The predicted octanol–water partition coefficient (Wildman–Crippen LogP) is 4.20. The van der Waals surface area contributed by atoms with Gasteiger partial charge in [0, 0.05) is 17.9 Å². The van der Waals surface area contributed by atoms with Crippen LogP contribution in [0.2, 0.25) is 0 Å². The molecular formula is C19H21NO2S. The van der Waals surface area contributed by atoms with Gasteiger partial charge in [-0.2, -0.15) is 0 Å². The van der Waals surface area contributed by atoms with Gasteiger partial charge in [0.2, 0.25) is 0 Å². The second-order valence-electron chi connectivity index (χ2n) is 5.81. The molecule has 1 aliphatic heterocycles. The number of rotatable bonds is 3. The molecule has 3 nitrogen and oxygen atoms in total. The largest absolute Gasteiger partial charge is 0.497 e. The summed E-state index contributed by atoms with van der Waals surface area (Å²) in [5.74, 6) is 1.82. The summed E-state index contributed by atoms with van der Waals surface area (Å²) in [5, 5.41) is 0.102. The van der Waals surface area contributed by atoms with Gasteiger partial charge < -0.3 is 9.64 Å². The van der Waals surface area contributed by atoms with Gasteiger partial charge in [0.25, 0.3) is 5.91 Å². The maximum absolute atomic E-state index is 12.9. The van der Waals surface area contributed by atoms with E-state index >= 15 is 0 Å². The zero-order valence-electron chi connectivity index (χ0n) is 13.7. The summed E-state index contributed by atoms with van der Waals surface area (Å²) in [6.07, 6.45) is 0. The topological polar surface area (TPSA) is 29.5 Å². The van der Waals surface area contributed by atoms with Crippen molar-refractivity contribution in [3.8, 4) is 5.75 Å². The molecule has 0 saturated carbocycles. The molecule has 0 aromatic heterocycles. The summed E-state index contributed by atoms with van der Waals surface area (Å²) < 4.78 is 5.16. The lowest BCUT2D eigenvalue weighted by atomic mass is 10.0. The number of ether oxygens (including phenoxy) is 1. The van der Waals surface area contributed by atoms with Gasteiger partial charge in [-0.1, -0.05) is 23.8 Å². The fourth-order valence-electron chi connectivity index (χ4n) is 2.94. The SMILES string of the molecule is COc1ccc(C(=O)N2CCSC2c2ccc(C)cc2C)cc1. The first kappa shape index (κ1) is 15.9. The molecule has 0 spiro atoms. The fraction of sp³-hybridized carbons (Fsp3) is 0.316. The molecule has 3 rings (SSSR count). The van der Waals surface area contributed by atoms with Crippen LogP contribution in [0.4, 0.5) is 0 Å². The molecule has 1 amide bonds. The van der Waals surface area contributed by atoms with E-state index in [9.17, 15) is 4.79 Å². The average Bonchev–Trinajstić information content (AvgIpc) is 3.03. The Labute approximate surface area is 141 Å². The molecule has 1 atom stereocenters. The van der Waals surface area contributed by atoms with Crippen molar-refractivity contribution in [3.05, 3.63) is 64.7 Å². The summed E-state index contributed by atoms with van der Waals surface area (Å²) in [5.41, 5.74) is 4.45. The van der Waals surface area contributed by atoms with E-state index in [0.29, 0.717) is 5.56 Å². The summed E-state index contributed by atoms with van der Waals surface area (Å²) >= 11 is 1.83. The zero-order chi connectivity index (χ0) is 16.4. The van der Waals surface area contributed by atoms with Crippen LogP contribution in [0.15, 0.2) is 42.5 Å². The number of nitrogens with zero attached hydrogens (tertiary/aromatic N) is 1. The lowest BCUT2D eigenvalue weighted by molar-refractivity contribution is 0.0760. The van der Waals surface area contributed by atoms with Crippen molar-refractivity contribution < 1.29 is 9.53 Å². The minimum Gasteiger partial charge on any atom is -0.497 e. The van der Waals surface area contributed by atoms with Gasteiger partial charge in [0.1, 0.15) is 11.1 Å². The van der Waals surface area contributed by atoms with Gasteiger partial charge in [-0.25, -0.2) is 0 Å². The molecule has 0 bridgehead atoms. The molecule has 0 N–H and O–H groups in total. The summed E-state index contributed by atoms with van der Waals surface area (Å²) in [6, 6.07) is 13.8. The Morgan fingerprint density at radius 2 is 1.91 bits per heavy atom. The number of thioether (sulfide) groups is 1. The van der Waals surface area contributed by atoms with E-state index in [1.54, 1.807) is 7.11 Å². The Morgan fingerprint density at radius 1 is 1.17 bits per heavy atom. The summed E-state index contributed by atoms with van der Waals surface area (Å²) in [7, 11) is 1.63. The van der Waals surface area contributed by atoms with Crippen molar-refractivity contribution in [1.82, 2.24) is 4.90 Å². The molecular weight excluding hydrogens is 306 g/mol. The number of carbonyl (C=O) groups is 1. The van der Waals surface area contributed by atoms with Gasteiger partial charge in [-0.05, 0) is 49.2 Å². The first-order valence-electron chi connectivity index (χ1n) is 7.74. The number of benzene rings is 2. The Hall–Kier alpha value is -1.94. The smallest absolute Gasteiger partial charge is 0.255 e. The average molecular weight is 327 g/mol. The zero-order valence-corrected chi connectivity index (χ0v) is 14.5. The highest BCUT2D eigenvalue weighted by molar-refractivity contribution is 7.99. The number of amides is 1. The highest BCUT2D eigenvalue weighted by atomic mass is 32.2. The molecule has 0 aliphatic carbocycles. The van der Waals surface area contributed by atoms with E-state index < -0.39 is 0 Å². The number of carbonyl (C=O) groups excluding carboxylic acids is 1. The van der Waals surface area contributed by atoms with E-state index in [0.717, 1.165) is 18.0 Å². The third kappa shape index (κ3) is 3.22. The number of hydrogen-bond donors (Lipinski definition) is 0. The van der Waals surface area contributed by atoms with Crippen molar-refractivity contribution in [3.63, 3.8) is 0 Å². The first-order valence-corrected chi connectivity index (χ1v) is 8.79. The second kappa shape index (κ2) is 6.67. The second-order valence-corrected chi connectivity index (χ2v) is 7.00. The van der Waals surface area contributed by atoms with Crippen LogP contribution in [0, 0.1) is 13.8 Å². The number of aryl methyl sites for hydroxylation is 2. The minimum atomic E-state index is 0.0858. The van der Waals surface area contributed by atoms with E-state index in [1.165, 1.54) is 16.7 Å². The third-order valence-electron chi connectivity index (χ3n) is 4.18. The van der Waals surface area contributed by atoms with E-state index in [-0.39, 0.29) is 11.3 Å². The van der Waals surface area contributed by atoms with Crippen LogP contribution in [-0.2, 0) is 0 Å². The molecule has 1 unspecified atom stereocenters. The van der Waals surface area contributed by atoms with Gasteiger partial charge in [-0.15, -0.1) is 11.8 Å². The van der Waals surface area contributed by atoms with Crippen molar-refractivity contribution in [2.75, 3.05) is 19.4 Å². The van der Waals surface area contributed by atoms with Crippen molar-refractivity contribution in [2.24, 2.45) is 0 Å². The van der Waals surface area contributed by atoms with Gasteiger partial charge in [0.05, 0.1) is 7.11 Å². The lowest BCUT2D eigenvalue weighted by Crippen LogP contribution is -2.30. The molecule has 1 heterocycles. The maximum Gasteiger partial charge on any atom is 0.255 e. The summed E-state index contributed by atoms with van der Waals surface area (Å²) in [4.78, 5) is 14.9. The molecule has 2 aromatic carbocycles. The van der Waals surface area contributed by atoms with Crippen LogP contribution in [0.25, 0.3) is 0 Å². The Kier molecular flexibility index (Phi) is 4.62. The first-order chi connectivity index (χ1) is 11.1. The quantitative estimate of drug-likeness (QED) is 0.846. The van der Waals surface area contributed by atoms with Crippen molar-refractivity contribution in [1.29, 1.82) is 0 Å². The molecule has 120 valence electrons. The number of methoxy groups -OCH3 is 1. The molecule has 1 aliphatic rings. The molecule has 1 saturated heterocycles. The van der Waals surface area contributed by atoms with E-state index in [4.69, 9.17) is 4.74 Å². The monoisotopic (exact) mass is 327 g/mol. The van der Waals surface area contributed by atoms with Crippen LogP contribution in [-0.4, -0.2) is 30.2 Å². The molecule has 1 fully saturated rings. The van der Waals surface area contributed by atoms with Gasteiger partial charge >= 0.3 is 0 Å². The van der Waals surface area contributed by atoms with Crippen LogP contribution in [0.5, 0.6) is 5.75 Å². The van der Waals surface area contributed by atoms with Crippen LogP contribution in [0.1, 0.15) is 32.4 Å². The van der Waals surface area contributed by atoms with Crippen LogP contribution < -0.4 is 4.74 Å². The highest BCUT2D eigenvalue weighted by Crippen LogP contribution is 2.40. The fourth-order valence-corrected chi connectivity index (χ4v) is 4.29. The van der Waals surface area contributed by atoms with E-state index in [1.807, 2.05) is 40.9 Å². The predicted molar refractivity (Wildman–Crippen MR) is 95.1 cm³/mol. The molecule has 0 radical (unpaired) electrons. The van der Waals surface area contributed by atoms with Crippen molar-refractivity contribution >= 4 is 17.7 Å². The van der Waals surface area contributed by atoms with Gasteiger partial charge in [0.15, 0.2) is 0 Å². The van der Waals surface area contributed by atoms with Crippen LogP contribution >= 0.6 is 11.8 Å². The highest BCUT2D eigenvalue weighted by Gasteiger charge is 2.32. The lowest BCUT2D eigenvalue weighted by Gasteiger charge is -2.25. The molecule has 23 heavy (non-hydrogen) atoms.